The van der Waals surface area contributed by atoms with E-state index < -0.39 is 0 Å². The van der Waals surface area contributed by atoms with Gasteiger partial charge in [0.05, 0.1) is 0 Å². The van der Waals surface area contributed by atoms with Crippen LogP contribution in [0.25, 0.3) is 0 Å². The van der Waals surface area contributed by atoms with Crippen LogP contribution in [0.3, 0.4) is 0 Å². The number of anilines is 1. The summed E-state index contributed by atoms with van der Waals surface area (Å²) in [5, 5.41) is 0. The summed E-state index contributed by atoms with van der Waals surface area (Å²) >= 11 is 0. The van der Waals surface area contributed by atoms with Crippen LogP contribution in [-0.2, 0) is 0 Å². The second-order valence-electron chi connectivity index (χ2n) is 5.04. The zero-order chi connectivity index (χ0) is 12.4. The number of aromatic nitrogens is 2. The Balaban J connectivity index is 0.00000162. The van der Waals surface area contributed by atoms with Gasteiger partial charge in [0, 0.05) is 30.9 Å². The van der Waals surface area contributed by atoms with Crippen molar-refractivity contribution < 1.29 is 0 Å². The molecule has 0 unspecified atom stereocenters. The molecule has 0 radical (unpaired) electrons. The van der Waals surface area contributed by atoms with E-state index >= 15 is 0 Å². The quantitative estimate of drug-likeness (QED) is 0.932. The van der Waals surface area contributed by atoms with Crippen molar-refractivity contribution in [3.05, 3.63) is 17.6 Å². The van der Waals surface area contributed by atoms with E-state index in [9.17, 15) is 0 Å². The zero-order valence-electron chi connectivity index (χ0n) is 11.8. The third-order valence-electron chi connectivity index (χ3n) is 3.52. The summed E-state index contributed by atoms with van der Waals surface area (Å²) in [6.45, 7) is 8.17. The van der Waals surface area contributed by atoms with Crippen LogP contribution in [0.5, 0.6) is 0 Å². The molecule has 2 N–H and O–H groups in total. The van der Waals surface area contributed by atoms with Gasteiger partial charge in [0.2, 0.25) is 0 Å². The molecule has 1 aliphatic rings. The van der Waals surface area contributed by atoms with E-state index in [1.165, 1.54) is 12.8 Å². The number of hydrogen-bond donors (Lipinski definition) is 1. The highest BCUT2D eigenvalue weighted by molar-refractivity contribution is 5.85. The molecule has 110 valence electrons. The van der Waals surface area contributed by atoms with Crippen molar-refractivity contribution in [1.29, 1.82) is 0 Å². The molecule has 0 aromatic carbocycles. The molecule has 2 heterocycles. The summed E-state index contributed by atoms with van der Waals surface area (Å²) in [6.07, 6.45) is 4.31. The molecule has 0 spiro atoms. The highest BCUT2D eigenvalue weighted by Crippen LogP contribution is 2.26. The molecule has 2 rings (SSSR count). The highest BCUT2D eigenvalue weighted by Gasteiger charge is 2.30. The molecule has 1 aromatic rings. The summed E-state index contributed by atoms with van der Waals surface area (Å²) in [5.74, 6) is 2.50. The van der Waals surface area contributed by atoms with Gasteiger partial charge >= 0.3 is 0 Å². The van der Waals surface area contributed by atoms with Gasteiger partial charge in [-0.1, -0.05) is 13.3 Å². The highest BCUT2D eigenvalue weighted by atomic mass is 35.5. The van der Waals surface area contributed by atoms with E-state index in [0.29, 0.717) is 5.92 Å². The van der Waals surface area contributed by atoms with Crippen molar-refractivity contribution in [2.24, 2.45) is 11.7 Å². The van der Waals surface area contributed by atoms with E-state index in [1.807, 2.05) is 13.1 Å². The fourth-order valence-electron chi connectivity index (χ4n) is 2.58. The lowest BCUT2D eigenvalue weighted by atomic mass is 9.99. The van der Waals surface area contributed by atoms with Crippen LogP contribution in [0.4, 0.5) is 5.82 Å². The first-order valence-corrected chi connectivity index (χ1v) is 6.42. The second kappa shape index (κ2) is 7.88. The summed E-state index contributed by atoms with van der Waals surface area (Å²) in [7, 11) is 0. The van der Waals surface area contributed by atoms with Crippen molar-refractivity contribution in [2.75, 3.05) is 18.0 Å². The summed E-state index contributed by atoms with van der Waals surface area (Å²) < 4.78 is 0. The van der Waals surface area contributed by atoms with Crippen LogP contribution in [-0.4, -0.2) is 29.1 Å². The Labute approximate surface area is 128 Å². The van der Waals surface area contributed by atoms with Crippen LogP contribution in [0.2, 0.25) is 0 Å². The number of rotatable bonds is 3. The van der Waals surface area contributed by atoms with E-state index in [-0.39, 0.29) is 30.9 Å². The average molecular weight is 307 g/mol. The van der Waals surface area contributed by atoms with Crippen LogP contribution in [0.1, 0.15) is 31.2 Å². The lowest BCUT2D eigenvalue weighted by Crippen LogP contribution is -2.30. The molecule has 1 fully saturated rings. The van der Waals surface area contributed by atoms with Crippen LogP contribution < -0.4 is 10.6 Å². The average Bonchev–Trinajstić information content (AvgIpc) is 2.64. The molecule has 1 saturated heterocycles. The zero-order valence-corrected chi connectivity index (χ0v) is 13.4. The number of aryl methyl sites for hydroxylation is 2. The standard InChI is InChI=1S/C13H22N4.2ClH/c1-4-5-11-7-17(8-12(11)14)13-9(2)6-15-10(3)16-13;;/h6,11-12H,4-5,7-8,14H2,1-3H3;2*1H/t11-,12-;;/m0../s1. The molecule has 0 aliphatic carbocycles. The molecule has 1 aliphatic heterocycles. The topological polar surface area (TPSA) is 55.0 Å². The van der Waals surface area contributed by atoms with Gasteiger partial charge in [-0.3, -0.25) is 0 Å². The molecule has 1 aromatic heterocycles. The predicted molar refractivity (Wildman–Crippen MR) is 84.6 cm³/mol. The van der Waals surface area contributed by atoms with E-state index in [1.54, 1.807) is 0 Å². The molecule has 4 nitrogen and oxygen atoms in total. The summed E-state index contributed by atoms with van der Waals surface area (Å²) in [6, 6.07) is 0.282. The van der Waals surface area contributed by atoms with E-state index in [2.05, 4.69) is 28.7 Å². The molecule has 0 amide bonds. The smallest absolute Gasteiger partial charge is 0.135 e. The third-order valence-corrected chi connectivity index (χ3v) is 3.52. The van der Waals surface area contributed by atoms with Gasteiger partial charge in [-0.05, 0) is 26.2 Å². The Morgan fingerprint density at radius 2 is 2.00 bits per heavy atom. The molecule has 0 bridgehead atoms. The van der Waals surface area contributed by atoms with E-state index in [0.717, 1.165) is 30.3 Å². The van der Waals surface area contributed by atoms with Crippen LogP contribution in [0, 0.1) is 19.8 Å². The van der Waals surface area contributed by atoms with Gasteiger partial charge in [0.1, 0.15) is 11.6 Å². The Hall–Kier alpha value is -0.580. The van der Waals surface area contributed by atoms with Crippen LogP contribution in [0.15, 0.2) is 6.20 Å². The third kappa shape index (κ3) is 4.20. The first kappa shape index (κ1) is 18.4. The molecular formula is C13H24Cl2N4. The number of nitrogens with zero attached hydrogens (tertiary/aromatic N) is 3. The Bertz CT molecular complexity index is 400. The molecule has 2 atom stereocenters. The first-order chi connectivity index (χ1) is 8.11. The fraction of sp³-hybridized carbons (Fsp3) is 0.692. The maximum absolute atomic E-state index is 6.20. The van der Waals surface area contributed by atoms with Gasteiger partial charge in [0.25, 0.3) is 0 Å². The largest absolute Gasteiger partial charge is 0.354 e. The number of hydrogen-bond acceptors (Lipinski definition) is 4. The fourth-order valence-corrected chi connectivity index (χ4v) is 2.58. The van der Waals surface area contributed by atoms with Crippen molar-refractivity contribution >= 4 is 30.6 Å². The van der Waals surface area contributed by atoms with Gasteiger partial charge < -0.3 is 10.6 Å². The number of halogens is 2. The SMILES string of the molecule is CCC[C@H]1CN(c2nc(C)ncc2C)C[C@@H]1N.Cl.Cl. The number of nitrogens with two attached hydrogens (primary N) is 1. The van der Waals surface area contributed by atoms with Crippen molar-refractivity contribution in [3.8, 4) is 0 Å². The lowest BCUT2D eigenvalue weighted by Gasteiger charge is -2.19. The van der Waals surface area contributed by atoms with Gasteiger partial charge in [-0.25, -0.2) is 9.97 Å². The molecule has 0 saturated carbocycles. The summed E-state index contributed by atoms with van der Waals surface area (Å²) in [5.41, 5.74) is 7.33. The predicted octanol–water partition coefficient (Wildman–Crippen LogP) is 2.50. The minimum atomic E-state index is 0. The van der Waals surface area contributed by atoms with Crippen LogP contribution >= 0.6 is 24.8 Å². The Morgan fingerprint density at radius 1 is 1.32 bits per heavy atom. The molecule has 19 heavy (non-hydrogen) atoms. The van der Waals surface area contributed by atoms with Gasteiger partial charge in [-0.15, -0.1) is 24.8 Å². The monoisotopic (exact) mass is 306 g/mol. The maximum Gasteiger partial charge on any atom is 0.135 e. The lowest BCUT2D eigenvalue weighted by molar-refractivity contribution is 0.472. The van der Waals surface area contributed by atoms with Gasteiger partial charge in [-0.2, -0.15) is 0 Å². The van der Waals surface area contributed by atoms with Crippen molar-refractivity contribution in [1.82, 2.24) is 9.97 Å². The molecule has 6 heteroatoms. The first-order valence-electron chi connectivity index (χ1n) is 6.42. The minimum absolute atomic E-state index is 0. The second-order valence-corrected chi connectivity index (χ2v) is 5.04. The molecular weight excluding hydrogens is 283 g/mol. The Kier molecular flexibility index (Phi) is 7.64. The van der Waals surface area contributed by atoms with Crippen molar-refractivity contribution in [2.45, 2.75) is 39.7 Å². The maximum atomic E-state index is 6.20. The van der Waals surface area contributed by atoms with Crippen molar-refractivity contribution in [3.63, 3.8) is 0 Å². The van der Waals surface area contributed by atoms with E-state index in [4.69, 9.17) is 5.73 Å². The minimum Gasteiger partial charge on any atom is -0.354 e. The van der Waals surface area contributed by atoms with Gasteiger partial charge in [0.15, 0.2) is 0 Å². The normalized spacial score (nSPS) is 21.8. The Morgan fingerprint density at radius 3 is 2.63 bits per heavy atom. The summed E-state index contributed by atoms with van der Waals surface area (Å²) in [4.78, 5) is 11.1.